The quantitative estimate of drug-likeness (QED) is 0.689. The molecule has 0 spiro atoms. The van der Waals surface area contributed by atoms with E-state index >= 15 is 0 Å². The van der Waals surface area contributed by atoms with Gasteiger partial charge in [-0.15, -0.1) is 0 Å². The van der Waals surface area contributed by atoms with Gasteiger partial charge in [-0.3, -0.25) is 4.79 Å². The van der Waals surface area contributed by atoms with Gasteiger partial charge < -0.3 is 5.73 Å². The maximum atomic E-state index is 11.8. The summed E-state index contributed by atoms with van der Waals surface area (Å²) in [6.45, 7) is 2.96. The molecular weight excluding hydrogens is 198 g/mol. The Labute approximate surface area is 100.0 Å². The first-order valence-electron chi connectivity index (χ1n) is 6.98. The minimum atomic E-state index is 0.488. The molecule has 0 saturated heterocycles. The third kappa shape index (κ3) is 5.11. The van der Waals surface area contributed by atoms with Crippen molar-refractivity contribution in [3.8, 4) is 0 Å². The second-order valence-corrected chi connectivity index (χ2v) is 5.28. The lowest BCUT2D eigenvalue weighted by atomic mass is 9.92. The largest absolute Gasteiger partial charge is 0.330 e. The number of Topliss-reactive ketones (excluding diaryl/α,β-unsaturated/α-hetero) is 1. The fraction of sp³-hybridized carbons (Fsp3) is 0.929. The van der Waals surface area contributed by atoms with E-state index in [0.717, 1.165) is 38.6 Å². The van der Waals surface area contributed by atoms with Crippen LogP contribution in [-0.4, -0.2) is 12.3 Å². The Bertz CT molecular complexity index is 197. The van der Waals surface area contributed by atoms with Crippen LogP contribution in [0.15, 0.2) is 0 Å². The first kappa shape index (κ1) is 13.7. The Morgan fingerprint density at radius 3 is 2.56 bits per heavy atom. The molecule has 94 valence electrons. The van der Waals surface area contributed by atoms with Crippen LogP contribution in [0.1, 0.15) is 64.7 Å². The summed E-state index contributed by atoms with van der Waals surface area (Å²) in [5.41, 5.74) is 5.56. The maximum Gasteiger partial charge on any atom is 0.133 e. The molecule has 0 aromatic carbocycles. The summed E-state index contributed by atoms with van der Waals surface area (Å²) in [6.07, 6.45) is 10.2. The Balaban J connectivity index is 2.12. The van der Waals surface area contributed by atoms with Crippen LogP contribution in [0, 0.1) is 11.8 Å². The smallest absolute Gasteiger partial charge is 0.133 e. The van der Waals surface area contributed by atoms with Crippen LogP contribution in [-0.2, 0) is 4.79 Å². The van der Waals surface area contributed by atoms with Crippen LogP contribution in [0.2, 0.25) is 0 Å². The van der Waals surface area contributed by atoms with Gasteiger partial charge in [-0.25, -0.2) is 0 Å². The first-order valence-corrected chi connectivity index (χ1v) is 6.98. The van der Waals surface area contributed by atoms with E-state index in [1.807, 2.05) is 0 Å². The lowest BCUT2D eigenvalue weighted by Crippen LogP contribution is -2.11. The van der Waals surface area contributed by atoms with Crippen LogP contribution >= 0.6 is 0 Å². The number of carbonyl (C=O) groups is 1. The van der Waals surface area contributed by atoms with Crippen molar-refractivity contribution in [2.75, 3.05) is 6.54 Å². The third-order valence-electron chi connectivity index (χ3n) is 3.97. The van der Waals surface area contributed by atoms with Crippen molar-refractivity contribution in [3.63, 3.8) is 0 Å². The van der Waals surface area contributed by atoms with Gasteiger partial charge in [0.05, 0.1) is 0 Å². The van der Waals surface area contributed by atoms with Gasteiger partial charge in [-0.1, -0.05) is 39.0 Å². The molecule has 0 aromatic rings. The molecule has 0 aliphatic heterocycles. The molecule has 1 unspecified atom stereocenters. The predicted octanol–water partition coefficient (Wildman–Crippen LogP) is 3.29. The molecule has 0 heterocycles. The zero-order chi connectivity index (χ0) is 11.8. The highest BCUT2D eigenvalue weighted by molar-refractivity contribution is 5.78. The fourth-order valence-electron chi connectivity index (χ4n) is 2.79. The van der Waals surface area contributed by atoms with Crippen LogP contribution in [0.5, 0.6) is 0 Å². The summed E-state index contributed by atoms with van der Waals surface area (Å²) < 4.78 is 0. The van der Waals surface area contributed by atoms with Crippen molar-refractivity contribution in [2.24, 2.45) is 17.6 Å². The van der Waals surface area contributed by atoms with Gasteiger partial charge in [0.2, 0.25) is 0 Å². The summed E-state index contributed by atoms with van der Waals surface area (Å²) >= 11 is 0. The van der Waals surface area contributed by atoms with E-state index < -0.39 is 0 Å². The highest BCUT2D eigenvalue weighted by atomic mass is 16.1. The Hall–Kier alpha value is -0.370. The highest BCUT2D eigenvalue weighted by Gasteiger charge is 2.18. The van der Waals surface area contributed by atoms with Crippen molar-refractivity contribution in [2.45, 2.75) is 64.7 Å². The number of nitrogens with two attached hydrogens (primary N) is 1. The molecule has 16 heavy (non-hydrogen) atoms. The van der Waals surface area contributed by atoms with Crippen LogP contribution in [0.25, 0.3) is 0 Å². The van der Waals surface area contributed by atoms with E-state index in [1.54, 1.807) is 0 Å². The second kappa shape index (κ2) is 7.83. The summed E-state index contributed by atoms with van der Waals surface area (Å²) in [6, 6.07) is 0. The number of hydrogen-bond acceptors (Lipinski definition) is 2. The first-order chi connectivity index (χ1) is 7.76. The summed E-state index contributed by atoms with van der Waals surface area (Å²) in [4.78, 5) is 11.8. The molecule has 0 bridgehead atoms. The number of carbonyl (C=O) groups excluding carboxylic acids is 1. The minimum absolute atomic E-state index is 0.488. The standard InChI is InChI=1S/C14H27NO/c1-2-12(9-10-15)7-8-14(16)11-13-5-3-4-6-13/h12-13H,2-11,15H2,1H3. The normalized spacial score (nSPS) is 18.9. The van der Waals surface area contributed by atoms with Gasteiger partial charge in [0.15, 0.2) is 0 Å². The van der Waals surface area contributed by atoms with Crippen molar-refractivity contribution >= 4 is 5.78 Å². The molecule has 1 rings (SSSR count). The summed E-state index contributed by atoms with van der Waals surface area (Å²) in [5.74, 6) is 1.86. The Morgan fingerprint density at radius 1 is 1.31 bits per heavy atom. The molecule has 2 heteroatoms. The van der Waals surface area contributed by atoms with Gasteiger partial charge in [-0.05, 0) is 31.2 Å². The third-order valence-corrected chi connectivity index (χ3v) is 3.97. The van der Waals surface area contributed by atoms with Crippen molar-refractivity contribution in [1.29, 1.82) is 0 Å². The van der Waals surface area contributed by atoms with Crippen LogP contribution in [0.3, 0.4) is 0 Å². The molecular formula is C14H27NO. The molecule has 1 fully saturated rings. The average Bonchev–Trinajstić information content (AvgIpc) is 2.76. The topological polar surface area (TPSA) is 43.1 Å². The predicted molar refractivity (Wildman–Crippen MR) is 68.3 cm³/mol. The molecule has 2 nitrogen and oxygen atoms in total. The average molecular weight is 225 g/mol. The van der Waals surface area contributed by atoms with Crippen LogP contribution in [0.4, 0.5) is 0 Å². The lowest BCUT2D eigenvalue weighted by molar-refractivity contribution is -0.120. The molecule has 0 amide bonds. The molecule has 1 aliphatic rings. The second-order valence-electron chi connectivity index (χ2n) is 5.28. The zero-order valence-corrected chi connectivity index (χ0v) is 10.7. The maximum absolute atomic E-state index is 11.8. The molecule has 0 aromatic heterocycles. The van der Waals surface area contributed by atoms with E-state index in [0.29, 0.717) is 17.6 Å². The fourth-order valence-corrected chi connectivity index (χ4v) is 2.79. The van der Waals surface area contributed by atoms with Gasteiger partial charge in [-0.2, -0.15) is 0 Å². The summed E-state index contributed by atoms with van der Waals surface area (Å²) in [5, 5.41) is 0. The van der Waals surface area contributed by atoms with Crippen molar-refractivity contribution in [3.05, 3.63) is 0 Å². The van der Waals surface area contributed by atoms with Crippen molar-refractivity contribution in [1.82, 2.24) is 0 Å². The zero-order valence-electron chi connectivity index (χ0n) is 10.7. The van der Waals surface area contributed by atoms with E-state index in [-0.39, 0.29) is 0 Å². The van der Waals surface area contributed by atoms with Crippen molar-refractivity contribution < 1.29 is 4.79 Å². The van der Waals surface area contributed by atoms with Gasteiger partial charge in [0, 0.05) is 12.8 Å². The van der Waals surface area contributed by atoms with Gasteiger partial charge >= 0.3 is 0 Å². The van der Waals surface area contributed by atoms with E-state index in [2.05, 4.69) is 6.92 Å². The van der Waals surface area contributed by atoms with E-state index in [9.17, 15) is 4.79 Å². The monoisotopic (exact) mass is 225 g/mol. The molecule has 2 N–H and O–H groups in total. The lowest BCUT2D eigenvalue weighted by Gasteiger charge is -2.13. The Morgan fingerprint density at radius 2 is 2.00 bits per heavy atom. The minimum Gasteiger partial charge on any atom is -0.330 e. The number of ketones is 1. The SMILES string of the molecule is CCC(CCN)CCC(=O)CC1CCCC1. The number of hydrogen-bond donors (Lipinski definition) is 1. The Kier molecular flexibility index (Phi) is 6.70. The van der Waals surface area contributed by atoms with E-state index in [4.69, 9.17) is 5.73 Å². The summed E-state index contributed by atoms with van der Waals surface area (Å²) in [7, 11) is 0. The molecule has 1 aliphatic carbocycles. The highest BCUT2D eigenvalue weighted by Crippen LogP contribution is 2.28. The van der Waals surface area contributed by atoms with Gasteiger partial charge in [0.1, 0.15) is 5.78 Å². The van der Waals surface area contributed by atoms with Crippen LogP contribution < -0.4 is 5.73 Å². The molecule has 1 saturated carbocycles. The molecule has 1 atom stereocenters. The number of rotatable bonds is 8. The molecule has 0 radical (unpaired) electrons. The van der Waals surface area contributed by atoms with Gasteiger partial charge in [0.25, 0.3) is 0 Å². The van der Waals surface area contributed by atoms with E-state index in [1.165, 1.54) is 25.7 Å².